The second kappa shape index (κ2) is 7.51. The van der Waals surface area contributed by atoms with Gasteiger partial charge in [-0.25, -0.2) is 0 Å². The van der Waals surface area contributed by atoms with Gasteiger partial charge in [-0.05, 0) is 6.07 Å². The number of rotatable bonds is 5. The molecule has 0 spiro atoms. The zero-order valence-electron chi connectivity index (χ0n) is 11.9. The fraction of sp³-hybridized carbons (Fsp3) is 0.357. The zero-order chi connectivity index (χ0) is 16.1. The fourth-order valence-electron chi connectivity index (χ4n) is 2.01. The van der Waals surface area contributed by atoms with Gasteiger partial charge in [-0.3, -0.25) is 14.4 Å². The summed E-state index contributed by atoms with van der Waals surface area (Å²) in [6, 6.07) is 7.22. The van der Waals surface area contributed by atoms with Crippen LogP contribution in [0.15, 0.2) is 24.3 Å². The van der Waals surface area contributed by atoms with Crippen LogP contribution in [-0.2, 0) is 19.1 Å². The molecule has 1 aromatic rings. The van der Waals surface area contributed by atoms with Crippen LogP contribution in [0.25, 0.3) is 0 Å². The standard InChI is InChI=1S/C14H15ClN2O4S/c1-21-13(20)6-16-11(18)7-17-12(19)8-22-14(17)9-4-2-3-5-10(9)15/h2-5,14H,6-8H2,1H3,(H,16,18). The van der Waals surface area contributed by atoms with Crippen molar-refractivity contribution in [2.75, 3.05) is 26.0 Å². The molecule has 0 radical (unpaired) electrons. The number of halogens is 1. The molecule has 1 aromatic carbocycles. The van der Waals surface area contributed by atoms with Crippen molar-refractivity contribution in [3.63, 3.8) is 0 Å². The number of carbonyl (C=O) groups excluding carboxylic acids is 3. The van der Waals surface area contributed by atoms with Gasteiger partial charge in [-0.1, -0.05) is 29.8 Å². The molecule has 0 aromatic heterocycles. The minimum Gasteiger partial charge on any atom is -0.468 e. The number of amides is 2. The average molecular weight is 343 g/mol. The first-order valence-electron chi connectivity index (χ1n) is 6.52. The van der Waals surface area contributed by atoms with Crippen LogP contribution in [0.4, 0.5) is 0 Å². The number of hydrogen-bond acceptors (Lipinski definition) is 5. The Balaban J connectivity index is 2.04. The van der Waals surface area contributed by atoms with Gasteiger partial charge in [0.15, 0.2) is 0 Å². The van der Waals surface area contributed by atoms with Gasteiger partial charge in [0.2, 0.25) is 11.8 Å². The minimum atomic E-state index is -0.543. The number of esters is 1. The number of methoxy groups -OCH3 is 1. The summed E-state index contributed by atoms with van der Waals surface area (Å²) >= 11 is 7.58. The lowest BCUT2D eigenvalue weighted by molar-refractivity contribution is -0.141. The van der Waals surface area contributed by atoms with Gasteiger partial charge in [0.25, 0.3) is 0 Å². The third-order valence-corrected chi connectivity index (χ3v) is 4.69. The van der Waals surface area contributed by atoms with E-state index < -0.39 is 11.9 Å². The van der Waals surface area contributed by atoms with Crippen molar-refractivity contribution in [3.8, 4) is 0 Å². The van der Waals surface area contributed by atoms with Gasteiger partial charge in [0.05, 0.1) is 12.9 Å². The van der Waals surface area contributed by atoms with E-state index in [4.69, 9.17) is 11.6 Å². The Bertz CT molecular complexity index is 596. The van der Waals surface area contributed by atoms with Crippen molar-refractivity contribution >= 4 is 41.1 Å². The third-order valence-electron chi connectivity index (χ3n) is 3.11. The number of benzene rings is 1. The molecule has 1 unspecified atom stereocenters. The number of thioether (sulfide) groups is 1. The first kappa shape index (κ1) is 16.6. The average Bonchev–Trinajstić information content (AvgIpc) is 2.86. The maximum atomic E-state index is 12.0. The highest BCUT2D eigenvalue weighted by molar-refractivity contribution is 8.00. The Kier molecular flexibility index (Phi) is 5.68. The molecule has 118 valence electrons. The summed E-state index contributed by atoms with van der Waals surface area (Å²) in [5.74, 6) is -0.806. The highest BCUT2D eigenvalue weighted by Gasteiger charge is 2.35. The van der Waals surface area contributed by atoms with Crippen LogP contribution in [0, 0.1) is 0 Å². The van der Waals surface area contributed by atoms with Crippen LogP contribution in [0.3, 0.4) is 0 Å². The Hall–Kier alpha value is -1.73. The number of nitrogens with zero attached hydrogens (tertiary/aromatic N) is 1. The number of carbonyl (C=O) groups is 3. The van der Waals surface area contributed by atoms with Crippen LogP contribution in [0.2, 0.25) is 5.02 Å². The van der Waals surface area contributed by atoms with Crippen molar-refractivity contribution in [2.24, 2.45) is 0 Å². The molecule has 8 heteroatoms. The summed E-state index contributed by atoms with van der Waals surface area (Å²) in [4.78, 5) is 36.3. The molecule has 0 aliphatic carbocycles. The number of ether oxygens (including phenoxy) is 1. The first-order chi connectivity index (χ1) is 10.5. The zero-order valence-corrected chi connectivity index (χ0v) is 13.4. The molecule has 1 saturated heterocycles. The highest BCUT2D eigenvalue weighted by Crippen LogP contribution is 2.40. The molecule has 1 aliphatic rings. The molecular weight excluding hydrogens is 328 g/mol. The largest absolute Gasteiger partial charge is 0.468 e. The van der Waals surface area contributed by atoms with Gasteiger partial charge >= 0.3 is 5.97 Å². The van der Waals surface area contributed by atoms with E-state index in [2.05, 4.69) is 10.1 Å². The molecule has 0 bridgehead atoms. The summed E-state index contributed by atoms with van der Waals surface area (Å²) in [5, 5.41) is 2.67. The normalized spacial score (nSPS) is 17.5. The van der Waals surface area contributed by atoms with Crippen LogP contribution in [0.5, 0.6) is 0 Å². The molecule has 1 fully saturated rings. The Morgan fingerprint density at radius 2 is 2.18 bits per heavy atom. The van der Waals surface area contributed by atoms with Crippen molar-refractivity contribution < 1.29 is 19.1 Å². The van der Waals surface area contributed by atoms with Crippen LogP contribution in [0.1, 0.15) is 10.9 Å². The van der Waals surface area contributed by atoms with Crippen LogP contribution >= 0.6 is 23.4 Å². The molecule has 1 N–H and O–H groups in total. The Morgan fingerprint density at radius 1 is 1.45 bits per heavy atom. The van der Waals surface area contributed by atoms with Crippen molar-refractivity contribution in [1.82, 2.24) is 10.2 Å². The second-order valence-corrected chi connectivity index (χ2v) is 6.04. The second-order valence-electron chi connectivity index (χ2n) is 4.56. The molecule has 1 atom stereocenters. The molecule has 1 heterocycles. The monoisotopic (exact) mass is 342 g/mol. The van der Waals surface area contributed by atoms with E-state index in [0.29, 0.717) is 10.8 Å². The quantitative estimate of drug-likeness (QED) is 0.814. The van der Waals surface area contributed by atoms with Gasteiger partial charge in [-0.2, -0.15) is 0 Å². The Morgan fingerprint density at radius 3 is 2.86 bits per heavy atom. The van der Waals surface area contributed by atoms with E-state index in [0.717, 1.165) is 5.56 Å². The molecule has 6 nitrogen and oxygen atoms in total. The molecular formula is C14H15ClN2O4S. The summed E-state index contributed by atoms with van der Waals surface area (Å²) in [6.45, 7) is -0.347. The Labute approximate surface area is 137 Å². The van der Waals surface area contributed by atoms with E-state index >= 15 is 0 Å². The minimum absolute atomic E-state index is 0.126. The third kappa shape index (κ3) is 3.92. The molecule has 2 amide bonds. The van der Waals surface area contributed by atoms with E-state index in [-0.39, 0.29) is 24.4 Å². The van der Waals surface area contributed by atoms with Crippen molar-refractivity contribution in [3.05, 3.63) is 34.9 Å². The first-order valence-corrected chi connectivity index (χ1v) is 7.94. The van der Waals surface area contributed by atoms with E-state index in [1.807, 2.05) is 12.1 Å². The SMILES string of the molecule is COC(=O)CNC(=O)CN1C(=O)CSC1c1ccccc1Cl. The lowest BCUT2D eigenvalue weighted by Gasteiger charge is -2.24. The maximum Gasteiger partial charge on any atom is 0.325 e. The maximum absolute atomic E-state index is 12.0. The number of hydrogen-bond donors (Lipinski definition) is 1. The van der Waals surface area contributed by atoms with Crippen LogP contribution in [-0.4, -0.2) is 48.6 Å². The van der Waals surface area contributed by atoms with Crippen molar-refractivity contribution in [2.45, 2.75) is 5.37 Å². The summed E-state index contributed by atoms with van der Waals surface area (Å²) < 4.78 is 4.44. The van der Waals surface area contributed by atoms with E-state index in [1.165, 1.54) is 23.8 Å². The smallest absolute Gasteiger partial charge is 0.325 e. The van der Waals surface area contributed by atoms with Gasteiger partial charge in [-0.15, -0.1) is 11.8 Å². The molecule has 0 saturated carbocycles. The fourth-order valence-corrected chi connectivity index (χ4v) is 3.54. The highest BCUT2D eigenvalue weighted by atomic mass is 35.5. The lowest BCUT2D eigenvalue weighted by atomic mass is 10.2. The van der Waals surface area contributed by atoms with E-state index in [1.54, 1.807) is 12.1 Å². The summed E-state index contributed by atoms with van der Waals surface area (Å²) in [5.41, 5.74) is 0.792. The van der Waals surface area contributed by atoms with Gasteiger partial charge in [0.1, 0.15) is 18.5 Å². The predicted molar refractivity (Wildman–Crippen MR) is 83.4 cm³/mol. The predicted octanol–water partition coefficient (Wildman–Crippen LogP) is 1.20. The molecule has 1 aliphatic heterocycles. The summed E-state index contributed by atoms with van der Waals surface area (Å²) in [7, 11) is 1.24. The van der Waals surface area contributed by atoms with Gasteiger partial charge < -0.3 is 15.0 Å². The van der Waals surface area contributed by atoms with Crippen molar-refractivity contribution in [1.29, 1.82) is 0 Å². The number of nitrogens with one attached hydrogen (secondary N) is 1. The van der Waals surface area contributed by atoms with E-state index in [9.17, 15) is 14.4 Å². The van der Waals surface area contributed by atoms with Crippen LogP contribution < -0.4 is 5.32 Å². The lowest BCUT2D eigenvalue weighted by Crippen LogP contribution is -2.41. The topological polar surface area (TPSA) is 75.7 Å². The summed E-state index contributed by atoms with van der Waals surface area (Å²) in [6.07, 6.45) is 0. The van der Waals surface area contributed by atoms with Gasteiger partial charge in [0, 0.05) is 10.6 Å². The molecule has 22 heavy (non-hydrogen) atoms. The molecule has 2 rings (SSSR count).